The minimum absolute atomic E-state index is 0.192. The second-order valence-electron chi connectivity index (χ2n) is 6.68. The molecule has 0 aliphatic rings. The van der Waals surface area contributed by atoms with E-state index >= 15 is 0 Å². The summed E-state index contributed by atoms with van der Waals surface area (Å²) in [7, 11) is 0. The van der Waals surface area contributed by atoms with E-state index in [9.17, 15) is 0 Å². The monoisotopic (exact) mass is 283 g/mol. The zero-order valence-electron chi connectivity index (χ0n) is 13.3. The molecule has 2 N–H and O–H groups in total. The lowest BCUT2D eigenvalue weighted by atomic mass is 9.90. The summed E-state index contributed by atoms with van der Waals surface area (Å²) in [5.41, 5.74) is 8.19. The van der Waals surface area contributed by atoms with Gasteiger partial charge in [0.15, 0.2) is 0 Å². The van der Waals surface area contributed by atoms with Crippen LogP contribution in [-0.2, 0) is 13.0 Å². The molecule has 0 spiro atoms. The van der Waals surface area contributed by atoms with Gasteiger partial charge in [-0.05, 0) is 69.2 Å². The number of nitrogens with two attached hydrogens (primary N) is 1. The third kappa shape index (κ3) is 4.09. The van der Waals surface area contributed by atoms with Gasteiger partial charge < -0.3 is 10.3 Å². The number of hydrogen-bond acceptors (Lipinski definition) is 2. The lowest BCUT2D eigenvalue weighted by Gasteiger charge is -2.15. The van der Waals surface area contributed by atoms with Crippen LogP contribution >= 0.6 is 0 Å². The van der Waals surface area contributed by atoms with Gasteiger partial charge in [-0.1, -0.05) is 6.07 Å². The summed E-state index contributed by atoms with van der Waals surface area (Å²) >= 11 is 0. The van der Waals surface area contributed by atoms with E-state index in [0.29, 0.717) is 0 Å². The van der Waals surface area contributed by atoms with Crippen molar-refractivity contribution in [1.82, 2.24) is 4.57 Å². The third-order valence-electron chi connectivity index (χ3n) is 3.90. The smallest absolute Gasteiger partial charge is 0.0683 e. The van der Waals surface area contributed by atoms with Gasteiger partial charge in [-0.25, -0.2) is 0 Å². The van der Waals surface area contributed by atoms with Gasteiger partial charge in [0.25, 0.3) is 0 Å². The van der Waals surface area contributed by atoms with E-state index in [1.807, 2.05) is 20.8 Å². The summed E-state index contributed by atoms with van der Waals surface area (Å²) < 4.78 is 2.28. The Morgan fingerprint density at radius 3 is 2.76 bits per heavy atom. The van der Waals surface area contributed by atoms with Crippen molar-refractivity contribution in [1.29, 1.82) is 5.26 Å². The molecule has 112 valence electrons. The molecule has 21 heavy (non-hydrogen) atoms. The highest BCUT2D eigenvalue weighted by Gasteiger charge is 2.15. The van der Waals surface area contributed by atoms with Gasteiger partial charge in [0, 0.05) is 24.3 Å². The topological polar surface area (TPSA) is 54.7 Å². The van der Waals surface area contributed by atoms with Crippen molar-refractivity contribution in [3.05, 3.63) is 36.0 Å². The van der Waals surface area contributed by atoms with E-state index in [2.05, 4.69) is 41.1 Å². The van der Waals surface area contributed by atoms with Crippen LogP contribution in [0, 0.1) is 16.7 Å². The Labute approximate surface area is 127 Å². The molecule has 1 heterocycles. The lowest BCUT2D eigenvalue weighted by Crippen LogP contribution is -2.17. The Kier molecular flexibility index (Phi) is 4.69. The standard InChI is InChI=1S/C18H25N3/c1-14(20)11-15-5-6-17-16(12-15)7-10-21(17)9-4-8-18(2,3)13-19/h5-7,10,12,14H,4,8-9,11,20H2,1-3H3. The van der Waals surface area contributed by atoms with E-state index in [0.717, 1.165) is 25.8 Å². The molecule has 3 nitrogen and oxygen atoms in total. The van der Waals surface area contributed by atoms with E-state index in [4.69, 9.17) is 11.0 Å². The van der Waals surface area contributed by atoms with Crippen molar-refractivity contribution >= 4 is 10.9 Å². The van der Waals surface area contributed by atoms with Crippen LogP contribution in [0.15, 0.2) is 30.5 Å². The summed E-state index contributed by atoms with van der Waals surface area (Å²) in [6.07, 6.45) is 5.00. The van der Waals surface area contributed by atoms with Gasteiger partial charge >= 0.3 is 0 Å². The van der Waals surface area contributed by atoms with E-state index < -0.39 is 0 Å². The number of benzene rings is 1. The van der Waals surface area contributed by atoms with Gasteiger partial charge in [-0.2, -0.15) is 5.26 Å². The van der Waals surface area contributed by atoms with Crippen molar-refractivity contribution in [3.8, 4) is 6.07 Å². The predicted octanol–water partition coefficient (Wildman–Crippen LogP) is 3.86. The van der Waals surface area contributed by atoms with Crippen LogP contribution in [0.1, 0.15) is 39.2 Å². The summed E-state index contributed by atoms with van der Waals surface area (Å²) in [6.45, 7) is 7.00. The minimum atomic E-state index is -0.229. The van der Waals surface area contributed by atoms with E-state index in [1.54, 1.807) is 0 Å². The first-order valence-electron chi connectivity index (χ1n) is 7.66. The molecule has 0 amide bonds. The van der Waals surface area contributed by atoms with Crippen LogP contribution in [0.5, 0.6) is 0 Å². The maximum absolute atomic E-state index is 9.06. The summed E-state index contributed by atoms with van der Waals surface area (Å²) in [5.74, 6) is 0. The van der Waals surface area contributed by atoms with Crippen LogP contribution in [0.25, 0.3) is 10.9 Å². The van der Waals surface area contributed by atoms with Crippen LogP contribution in [-0.4, -0.2) is 10.6 Å². The second kappa shape index (κ2) is 6.32. The minimum Gasteiger partial charge on any atom is -0.347 e. The first kappa shape index (κ1) is 15.6. The van der Waals surface area contributed by atoms with Crippen molar-refractivity contribution in [2.75, 3.05) is 0 Å². The Morgan fingerprint density at radius 1 is 1.33 bits per heavy atom. The van der Waals surface area contributed by atoms with Crippen molar-refractivity contribution < 1.29 is 0 Å². The molecule has 0 aliphatic carbocycles. The van der Waals surface area contributed by atoms with Crippen LogP contribution in [0.3, 0.4) is 0 Å². The average Bonchev–Trinajstić information content (AvgIpc) is 2.80. The van der Waals surface area contributed by atoms with E-state index in [1.165, 1.54) is 16.5 Å². The van der Waals surface area contributed by atoms with Crippen molar-refractivity contribution in [2.45, 2.75) is 52.6 Å². The van der Waals surface area contributed by atoms with Gasteiger partial charge in [-0.3, -0.25) is 0 Å². The molecular formula is C18H25N3. The molecular weight excluding hydrogens is 258 g/mol. The summed E-state index contributed by atoms with van der Waals surface area (Å²) in [4.78, 5) is 0. The average molecular weight is 283 g/mol. The lowest BCUT2D eigenvalue weighted by molar-refractivity contribution is 0.418. The fraction of sp³-hybridized carbons (Fsp3) is 0.500. The SMILES string of the molecule is CC(N)Cc1ccc2c(ccn2CCCC(C)(C)C#N)c1. The first-order chi connectivity index (χ1) is 9.91. The number of aromatic nitrogens is 1. The molecule has 2 aromatic rings. The van der Waals surface area contributed by atoms with E-state index in [-0.39, 0.29) is 11.5 Å². The van der Waals surface area contributed by atoms with Gasteiger partial charge in [0.05, 0.1) is 11.5 Å². The zero-order valence-corrected chi connectivity index (χ0v) is 13.3. The van der Waals surface area contributed by atoms with Crippen molar-refractivity contribution in [3.63, 3.8) is 0 Å². The highest BCUT2D eigenvalue weighted by atomic mass is 14.9. The van der Waals surface area contributed by atoms with Crippen molar-refractivity contribution in [2.24, 2.45) is 11.1 Å². The van der Waals surface area contributed by atoms with Gasteiger partial charge in [0.2, 0.25) is 0 Å². The Hall–Kier alpha value is -1.79. The third-order valence-corrected chi connectivity index (χ3v) is 3.90. The number of hydrogen-bond donors (Lipinski definition) is 1. The fourth-order valence-corrected chi connectivity index (χ4v) is 2.69. The molecule has 0 saturated carbocycles. The maximum atomic E-state index is 9.06. The summed E-state index contributed by atoms with van der Waals surface area (Å²) in [5, 5.41) is 10.3. The quantitative estimate of drug-likeness (QED) is 0.875. The molecule has 1 aromatic heterocycles. The molecule has 2 rings (SSSR count). The Balaban J connectivity index is 2.07. The van der Waals surface area contributed by atoms with Crippen LogP contribution in [0.4, 0.5) is 0 Å². The predicted molar refractivity (Wildman–Crippen MR) is 87.9 cm³/mol. The molecule has 1 atom stereocenters. The van der Waals surface area contributed by atoms with Crippen LogP contribution < -0.4 is 5.73 Å². The largest absolute Gasteiger partial charge is 0.347 e. The highest BCUT2D eigenvalue weighted by Crippen LogP contribution is 2.23. The fourth-order valence-electron chi connectivity index (χ4n) is 2.69. The molecule has 3 heteroatoms. The van der Waals surface area contributed by atoms with Gasteiger partial charge in [-0.15, -0.1) is 0 Å². The zero-order chi connectivity index (χ0) is 15.5. The number of nitriles is 1. The molecule has 1 unspecified atom stereocenters. The second-order valence-corrected chi connectivity index (χ2v) is 6.68. The molecule has 1 aromatic carbocycles. The molecule has 0 fully saturated rings. The van der Waals surface area contributed by atoms with Gasteiger partial charge in [0.1, 0.15) is 0 Å². The number of aryl methyl sites for hydroxylation is 1. The number of fused-ring (bicyclic) bond motifs is 1. The Bertz CT molecular complexity index is 644. The molecule has 0 saturated heterocycles. The molecule has 0 radical (unpaired) electrons. The highest BCUT2D eigenvalue weighted by molar-refractivity contribution is 5.80. The molecule has 0 aliphatic heterocycles. The maximum Gasteiger partial charge on any atom is 0.0683 e. The number of rotatable bonds is 6. The summed E-state index contributed by atoms with van der Waals surface area (Å²) in [6, 6.07) is 11.3. The number of nitrogens with zero attached hydrogens (tertiary/aromatic N) is 2. The normalized spacial score (nSPS) is 13.3. The Morgan fingerprint density at radius 2 is 2.10 bits per heavy atom. The molecule has 0 bridgehead atoms. The first-order valence-corrected chi connectivity index (χ1v) is 7.66. The van der Waals surface area contributed by atoms with Crippen LogP contribution in [0.2, 0.25) is 0 Å².